The standard InChI is InChI=1S/C15H22F2N2O2/c1-18(2)10-6-11(9-20)19(7-10)8-12-14(21-3)5-4-13(16)15(12)17/h4-5,10-11,20H,6-9H2,1-3H3/t10-,11+/m1/s1. The Morgan fingerprint density at radius 3 is 2.67 bits per heavy atom. The van der Waals surface area contributed by atoms with E-state index in [0.717, 1.165) is 12.5 Å². The molecule has 6 heteroatoms. The lowest BCUT2D eigenvalue weighted by molar-refractivity contribution is 0.150. The fraction of sp³-hybridized carbons (Fsp3) is 0.600. The number of rotatable bonds is 5. The number of hydrogen-bond acceptors (Lipinski definition) is 4. The highest BCUT2D eigenvalue weighted by molar-refractivity contribution is 5.35. The Labute approximate surface area is 123 Å². The molecule has 4 nitrogen and oxygen atoms in total. The number of aliphatic hydroxyl groups is 1. The van der Waals surface area contributed by atoms with Gasteiger partial charge in [0.15, 0.2) is 11.6 Å². The summed E-state index contributed by atoms with van der Waals surface area (Å²) in [4.78, 5) is 4.06. The Hall–Kier alpha value is -1.24. The molecule has 0 spiro atoms. The summed E-state index contributed by atoms with van der Waals surface area (Å²) in [6.45, 7) is 0.934. The summed E-state index contributed by atoms with van der Waals surface area (Å²) in [5, 5.41) is 9.51. The van der Waals surface area contributed by atoms with Crippen LogP contribution in [0.4, 0.5) is 8.78 Å². The molecule has 118 valence electrons. The predicted molar refractivity (Wildman–Crippen MR) is 76.3 cm³/mol. The molecule has 2 rings (SSSR count). The summed E-state index contributed by atoms with van der Waals surface area (Å²) < 4.78 is 32.6. The smallest absolute Gasteiger partial charge is 0.167 e. The monoisotopic (exact) mass is 300 g/mol. The van der Waals surface area contributed by atoms with Crippen LogP contribution in [0.5, 0.6) is 5.75 Å². The van der Waals surface area contributed by atoms with E-state index in [9.17, 15) is 13.9 Å². The van der Waals surface area contributed by atoms with E-state index in [1.165, 1.54) is 13.2 Å². The van der Waals surface area contributed by atoms with Crippen molar-refractivity contribution >= 4 is 0 Å². The van der Waals surface area contributed by atoms with E-state index in [1.54, 1.807) is 0 Å². The number of likely N-dealkylation sites (N-methyl/N-ethyl adjacent to an activating group) is 1. The SMILES string of the molecule is COc1ccc(F)c(F)c1CN1C[C@H](N(C)C)C[C@H]1CO. The second kappa shape index (κ2) is 6.68. The van der Waals surface area contributed by atoms with Crippen molar-refractivity contribution in [1.29, 1.82) is 0 Å². The van der Waals surface area contributed by atoms with Crippen LogP contribution in [0.2, 0.25) is 0 Å². The molecular weight excluding hydrogens is 278 g/mol. The van der Waals surface area contributed by atoms with Gasteiger partial charge in [-0.05, 0) is 32.6 Å². The Kier molecular flexibility index (Phi) is 5.13. The quantitative estimate of drug-likeness (QED) is 0.893. The van der Waals surface area contributed by atoms with Crippen LogP contribution in [-0.2, 0) is 6.54 Å². The van der Waals surface area contributed by atoms with Gasteiger partial charge in [-0.15, -0.1) is 0 Å². The molecule has 0 unspecified atom stereocenters. The van der Waals surface area contributed by atoms with Gasteiger partial charge in [-0.25, -0.2) is 8.78 Å². The highest BCUT2D eigenvalue weighted by Crippen LogP contribution is 2.29. The highest BCUT2D eigenvalue weighted by Gasteiger charge is 2.33. The molecule has 1 saturated heterocycles. The molecule has 0 radical (unpaired) electrons. The molecule has 0 aliphatic carbocycles. The Balaban J connectivity index is 2.23. The maximum Gasteiger partial charge on any atom is 0.167 e. The summed E-state index contributed by atoms with van der Waals surface area (Å²) in [5.41, 5.74) is 0.204. The lowest BCUT2D eigenvalue weighted by atomic mass is 10.1. The van der Waals surface area contributed by atoms with Gasteiger partial charge >= 0.3 is 0 Å². The second-order valence-corrected chi connectivity index (χ2v) is 5.66. The van der Waals surface area contributed by atoms with Crippen LogP contribution >= 0.6 is 0 Å². The number of ether oxygens (including phenoxy) is 1. The molecule has 21 heavy (non-hydrogen) atoms. The average Bonchev–Trinajstić information content (AvgIpc) is 2.87. The summed E-state index contributed by atoms with van der Waals surface area (Å²) in [7, 11) is 5.39. The van der Waals surface area contributed by atoms with Crippen LogP contribution < -0.4 is 4.74 Å². The molecule has 0 amide bonds. The van der Waals surface area contributed by atoms with Gasteiger partial charge in [0.2, 0.25) is 0 Å². The van der Waals surface area contributed by atoms with E-state index >= 15 is 0 Å². The minimum absolute atomic E-state index is 0.00356. The van der Waals surface area contributed by atoms with E-state index in [1.807, 2.05) is 19.0 Å². The Morgan fingerprint density at radius 2 is 2.10 bits per heavy atom. The molecule has 0 bridgehead atoms. The van der Waals surface area contributed by atoms with Gasteiger partial charge in [0.05, 0.1) is 13.7 Å². The van der Waals surface area contributed by atoms with Gasteiger partial charge in [0.25, 0.3) is 0 Å². The summed E-state index contributed by atoms with van der Waals surface area (Å²) in [6.07, 6.45) is 0.808. The van der Waals surface area contributed by atoms with Gasteiger partial charge < -0.3 is 14.7 Å². The first-order valence-corrected chi connectivity index (χ1v) is 7.00. The first kappa shape index (κ1) is 16.1. The maximum atomic E-state index is 14.0. The molecule has 1 heterocycles. The van der Waals surface area contributed by atoms with Crippen LogP contribution in [0.25, 0.3) is 0 Å². The van der Waals surface area contributed by atoms with E-state index in [2.05, 4.69) is 4.90 Å². The second-order valence-electron chi connectivity index (χ2n) is 5.66. The number of methoxy groups -OCH3 is 1. The molecule has 1 aromatic rings. The molecule has 0 aromatic heterocycles. The first-order chi connectivity index (χ1) is 9.97. The van der Waals surface area contributed by atoms with Crippen molar-refractivity contribution in [2.45, 2.75) is 25.0 Å². The van der Waals surface area contributed by atoms with Crippen molar-refractivity contribution in [2.24, 2.45) is 0 Å². The van der Waals surface area contributed by atoms with Crippen LogP contribution in [0.3, 0.4) is 0 Å². The molecule has 1 aliphatic heterocycles. The topological polar surface area (TPSA) is 35.9 Å². The zero-order valence-corrected chi connectivity index (χ0v) is 12.6. The van der Waals surface area contributed by atoms with Crippen LogP contribution in [0, 0.1) is 11.6 Å². The Morgan fingerprint density at radius 1 is 1.38 bits per heavy atom. The number of nitrogens with zero attached hydrogens (tertiary/aromatic N) is 2. The normalized spacial score (nSPS) is 23.0. The highest BCUT2D eigenvalue weighted by atomic mass is 19.2. The van der Waals surface area contributed by atoms with Crippen LogP contribution in [-0.4, -0.2) is 61.3 Å². The number of hydrogen-bond donors (Lipinski definition) is 1. The number of aliphatic hydroxyl groups excluding tert-OH is 1. The third-order valence-electron chi connectivity index (χ3n) is 4.18. The summed E-state index contributed by atoms with van der Waals surface area (Å²) >= 11 is 0. The van der Waals surface area contributed by atoms with Gasteiger partial charge in [-0.1, -0.05) is 0 Å². The number of halogens is 2. The van der Waals surface area contributed by atoms with Crippen molar-refractivity contribution in [3.8, 4) is 5.75 Å². The number of likely N-dealkylation sites (tertiary alicyclic amines) is 1. The predicted octanol–water partition coefficient (Wildman–Crippen LogP) is 1.47. The third kappa shape index (κ3) is 3.33. The van der Waals surface area contributed by atoms with Crippen LogP contribution in [0.1, 0.15) is 12.0 Å². The van der Waals surface area contributed by atoms with Crippen molar-refractivity contribution in [3.63, 3.8) is 0 Å². The van der Waals surface area contributed by atoms with E-state index in [-0.39, 0.29) is 24.8 Å². The third-order valence-corrected chi connectivity index (χ3v) is 4.18. The molecule has 1 aromatic carbocycles. The average molecular weight is 300 g/mol. The van der Waals surface area contributed by atoms with Gasteiger partial charge in [0.1, 0.15) is 5.75 Å². The molecule has 0 saturated carbocycles. The lowest BCUT2D eigenvalue weighted by Gasteiger charge is -2.24. The van der Waals surface area contributed by atoms with E-state index in [0.29, 0.717) is 18.3 Å². The largest absolute Gasteiger partial charge is 0.496 e. The van der Waals surface area contributed by atoms with Crippen molar-refractivity contribution in [3.05, 3.63) is 29.3 Å². The molecule has 1 N–H and O–H groups in total. The zero-order chi connectivity index (χ0) is 15.6. The van der Waals surface area contributed by atoms with Gasteiger partial charge in [-0.2, -0.15) is 0 Å². The summed E-state index contributed by atoms with van der Waals surface area (Å²) in [5.74, 6) is -1.42. The fourth-order valence-corrected chi connectivity index (χ4v) is 2.83. The molecular formula is C15H22F2N2O2. The lowest BCUT2D eigenvalue weighted by Crippen LogP contribution is -2.34. The minimum atomic E-state index is -0.880. The summed E-state index contributed by atoms with van der Waals surface area (Å²) in [6, 6.07) is 2.74. The fourth-order valence-electron chi connectivity index (χ4n) is 2.83. The Bertz CT molecular complexity index is 497. The molecule has 1 aliphatic rings. The first-order valence-electron chi connectivity index (χ1n) is 7.00. The van der Waals surface area contributed by atoms with E-state index in [4.69, 9.17) is 4.74 Å². The molecule has 2 atom stereocenters. The minimum Gasteiger partial charge on any atom is -0.496 e. The van der Waals surface area contributed by atoms with Crippen molar-refractivity contribution in [2.75, 3.05) is 34.4 Å². The maximum absolute atomic E-state index is 14.0. The van der Waals surface area contributed by atoms with Crippen LogP contribution in [0.15, 0.2) is 12.1 Å². The number of benzene rings is 1. The van der Waals surface area contributed by atoms with Gasteiger partial charge in [-0.3, -0.25) is 4.90 Å². The van der Waals surface area contributed by atoms with Gasteiger partial charge in [0, 0.05) is 30.7 Å². The van der Waals surface area contributed by atoms with Crippen molar-refractivity contribution in [1.82, 2.24) is 9.80 Å². The zero-order valence-electron chi connectivity index (χ0n) is 12.6. The van der Waals surface area contributed by atoms with Crippen molar-refractivity contribution < 1.29 is 18.6 Å². The molecule has 1 fully saturated rings. The van der Waals surface area contributed by atoms with E-state index < -0.39 is 11.6 Å².